The molecule has 8 aliphatic heterocycles. The molecule has 0 saturated carbocycles. The first kappa shape index (κ1) is 109. The van der Waals surface area contributed by atoms with Gasteiger partial charge >= 0.3 is 5.97 Å². The number of carbonyl (C=O) groups excluding carboxylic acids is 7. The van der Waals surface area contributed by atoms with E-state index in [1.54, 1.807) is 4.90 Å². The Morgan fingerprint density at radius 1 is 0.302 bits per heavy atom. The minimum absolute atomic E-state index is 0.00581. The first-order valence-corrected chi connectivity index (χ1v) is 43.1. The molecule has 0 spiro atoms. The lowest BCUT2D eigenvalue weighted by Gasteiger charge is -2.46. The number of nitrogens with one attached hydrogen (secondary N) is 4. The molecule has 53 nitrogen and oxygen atoms in total. The van der Waals surface area contributed by atoms with Gasteiger partial charge in [0.1, 0.15) is 171 Å². The van der Waals surface area contributed by atoms with Gasteiger partial charge in [-0.25, -0.2) is 4.79 Å². The molecular formula is C76H131N7O46. The largest absolute Gasteiger partial charge is 0.394 e. The van der Waals surface area contributed by atoms with Crippen LogP contribution in [0.15, 0.2) is 0 Å². The topological polar surface area (TPSA) is 801 Å². The summed E-state index contributed by atoms with van der Waals surface area (Å²) in [5.41, 5.74) is 0. The minimum Gasteiger partial charge on any atom is -0.394 e. The Bertz CT molecular complexity index is 3320. The highest BCUT2D eigenvalue weighted by Gasteiger charge is 2.56. The molecule has 53 heteroatoms. The van der Waals surface area contributed by atoms with E-state index in [1.165, 1.54) is 4.90 Å². The van der Waals surface area contributed by atoms with Gasteiger partial charge in [0.25, 0.3) is 11.8 Å². The van der Waals surface area contributed by atoms with Gasteiger partial charge in [0.2, 0.25) is 23.6 Å². The number of aliphatic hydroxyl groups is 24. The van der Waals surface area contributed by atoms with Crippen LogP contribution in [0.25, 0.3) is 0 Å². The summed E-state index contributed by atoms with van der Waals surface area (Å²) in [6.45, 7) is -7.23. The summed E-state index contributed by atoms with van der Waals surface area (Å²) in [6, 6.07) is 0. The van der Waals surface area contributed by atoms with Crippen molar-refractivity contribution in [3.05, 3.63) is 0 Å². The average Bonchev–Trinajstić information content (AvgIpc) is 1.73. The highest BCUT2D eigenvalue weighted by atomic mass is 16.8. The summed E-state index contributed by atoms with van der Waals surface area (Å²) in [4.78, 5) is 97.4. The van der Waals surface area contributed by atoms with Crippen molar-refractivity contribution in [3.8, 4) is 0 Å². The fraction of sp³-hybridized carbons (Fsp3) is 0.908. The number of imide groups is 1. The Kier molecular flexibility index (Phi) is 46.2. The molecule has 28 N–H and O–H groups in total. The third-order valence-corrected chi connectivity index (χ3v) is 22.9. The van der Waals surface area contributed by atoms with Crippen LogP contribution < -0.4 is 21.3 Å². The van der Waals surface area contributed by atoms with Crippen molar-refractivity contribution < 1.29 is 227 Å². The molecule has 0 aromatic rings. The van der Waals surface area contributed by atoms with Gasteiger partial charge in [-0.05, 0) is 45.1 Å². The Labute approximate surface area is 738 Å². The molecule has 746 valence electrons. The van der Waals surface area contributed by atoms with Crippen LogP contribution >= 0.6 is 0 Å². The van der Waals surface area contributed by atoms with E-state index < -0.39 is 322 Å². The van der Waals surface area contributed by atoms with Gasteiger partial charge in [-0.1, -0.05) is 25.7 Å². The number of amides is 6. The van der Waals surface area contributed by atoms with E-state index in [0.29, 0.717) is 62.9 Å². The Balaban J connectivity index is 0.808. The first-order chi connectivity index (χ1) is 61.6. The summed E-state index contributed by atoms with van der Waals surface area (Å²) < 4.78 is 79.2. The molecule has 8 heterocycles. The van der Waals surface area contributed by atoms with Gasteiger partial charge in [-0.15, -0.1) is 5.06 Å². The lowest BCUT2D eigenvalue weighted by molar-refractivity contribution is -0.366. The molecule has 8 fully saturated rings. The molecule has 35 atom stereocenters. The van der Waals surface area contributed by atoms with Gasteiger partial charge in [0, 0.05) is 65.0 Å². The first-order valence-electron chi connectivity index (χ1n) is 43.1. The van der Waals surface area contributed by atoms with Gasteiger partial charge in [-0.2, -0.15) is 0 Å². The fourth-order valence-electron chi connectivity index (χ4n) is 15.1. The summed E-state index contributed by atoms with van der Waals surface area (Å²) >= 11 is 0. The number of hydroxylamine groups is 2. The van der Waals surface area contributed by atoms with Crippen molar-refractivity contribution >= 4 is 41.4 Å². The maximum atomic E-state index is 13.6. The highest BCUT2D eigenvalue weighted by molar-refractivity contribution is 6.01. The molecule has 0 aromatic carbocycles. The van der Waals surface area contributed by atoms with Crippen LogP contribution in [0.4, 0.5) is 0 Å². The lowest BCUT2D eigenvalue weighted by Crippen LogP contribution is -2.65. The number of unbranched alkanes of at least 4 members (excludes halogenated alkanes) is 7. The van der Waals surface area contributed by atoms with Crippen LogP contribution in [0.1, 0.15) is 89.9 Å². The smallest absolute Gasteiger partial charge is 0.333 e. The molecule has 0 aromatic heterocycles. The molecule has 0 bridgehead atoms. The van der Waals surface area contributed by atoms with E-state index >= 15 is 0 Å². The Morgan fingerprint density at radius 2 is 0.605 bits per heavy atom. The number of rotatable bonds is 53. The van der Waals surface area contributed by atoms with Crippen LogP contribution in [-0.2, 0) is 105 Å². The normalized spacial score (nSPS) is 37.5. The summed E-state index contributed by atoms with van der Waals surface area (Å²) in [6.07, 6.45) is -57.8. The van der Waals surface area contributed by atoms with Crippen molar-refractivity contribution in [2.45, 2.75) is 305 Å². The number of carbonyl (C=O) groups is 7. The molecule has 0 radical (unpaired) electrons. The summed E-state index contributed by atoms with van der Waals surface area (Å²) in [5, 5.41) is 263. The molecule has 0 aliphatic carbocycles. The van der Waals surface area contributed by atoms with Crippen molar-refractivity contribution in [1.29, 1.82) is 0 Å². The summed E-state index contributed by atoms with van der Waals surface area (Å²) in [7, 11) is 0. The van der Waals surface area contributed by atoms with E-state index in [0.717, 1.165) is 0 Å². The Morgan fingerprint density at radius 3 is 0.977 bits per heavy atom. The third-order valence-electron chi connectivity index (χ3n) is 22.9. The van der Waals surface area contributed by atoms with Crippen molar-refractivity contribution in [1.82, 2.24) is 36.1 Å². The van der Waals surface area contributed by atoms with Crippen LogP contribution in [0.2, 0.25) is 0 Å². The molecule has 6 amide bonds. The van der Waals surface area contributed by atoms with E-state index in [9.17, 15) is 156 Å². The van der Waals surface area contributed by atoms with Gasteiger partial charge in [0.15, 0.2) is 44.0 Å². The van der Waals surface area contributed by atoms with E-state index in [1.807, 2.05) is 0 Å². The molecular weight excluding hydrogens is 1750 g/mol. The second-order valence-electron chi connectivity index (χ2n) is 32.5. The zero-order valence-corrected chi connectivity index (χ0v) is 70.8. The predicted molar refractivity (Wildman–Crippen MR) is 417 cm³/mol. The zero-order valence-electron chi connectivity index (χ0n) is 70.8. The van der Waals surface area contributed by atoms with Crippen LogP contribution in [0.3, 0.4) is 0 Å². The van der Waals surface area contributed by atoms with Crippen molar-refractivity contribution in [3.63, 3.8) is 0 Å². The van der Waals surface area contributed by atoms with Crippen LogP contribution in [0.5, 0.6) is 0 Å². The molecule has 8 rings (SSSR count). The van der Waals surface area contributed by atoms with Crippen LogP contribution in [-0.4, -0.2) is 525 Å². The molecule has 8 aliphatic rings. The van der Waals surface area contributed by atoms with Gasteiger partial charge in [-0.3, -0.25) is 38.6 Å². The second-order valence-corrected chi connectivity index (χ2v) is 32.5. The van der Waals surface area contributed by atoms with Crippen molar-refractivity contribution in [2.75, 3.05) is 132 Å². The quantitative estimate of drug-likeness (QED) is 0.0199. The molecule has 8 saturated heterocycles. The van der Waals surface area contributed by atoms with E-state index in [2.05, 4.69) is 21.3 Å². The summed E-state index contributed by atoms with van der Waals surface area (Å²) in [5.74, 6) is -4.20. The average molecular weight is 1880 g/mol. The number of hydrogen-bond donors (Lipinski definition) is 28. The lowest BCUT2D eigenvalue weighted by atomic mass is 9.96. The van der Waals surface area contributed by atoms with Gasteiger partial charge < -0.3 is 215 Å². The standard InChI is InChI=1S/C76H131N7O46/c84-28-35-49(96)56(103)61(108)70(120-35)116-23-20-81(21-24-117-74-67(114)69(128-76-65(112)60(107)53(100)39(32-88)124-76)55(102)41(126-74)34-119-72-63(110)58(105)51(98)37(30-86)122-72)19-10-2-1-7-15-77-43(90)25-82(27-45(92)79-17-9-4-6-12-48(95)129-83-46(93)13-14-47(83)94)26-44(91)78-16-8-3-5-11-42(89)80-18-22-115-73-66(113)68(127-75-64(111)59(106)52(99)38(31-87)123-75)54(101)40(125-73)33-118-71-62(109)57(104)50(97)36(29-85)121-71/h35-41,49-76,84-88,96-114H,1-34H2,(H,77,90)(H,78,91)(H,79,92)(H,80,89)/t35-,36-,37-,38-,39-,40-,41-,49-,50-,51-,52-,53-,54-,55-,56+,57+,58+,59+,60+,61+,62+,63+,64+,65+,66+,67+,68+,69+,70-,71+,72+,73+,74+,75-,76-/m1/s1. The monoisotopic (exact) mass is 1880 g/mol. The van der Waals surface area contributed by atoms with E-state index in [-0.39, 0.29) is 97.7 Å². The fourth-order valence-corrected chi connectivity index (χ4v) is 15.1. The number of ether oxygens (including phenoxy) is 14. The number of nitrogens with zero attached hydrogens (tertiary/aromatic N) is 3. The highest BCUT2D eigenvalue weighted by Crippen LogP contribution is 2.35. The van der Waals surface area contributed by atoms with E-state index in [4.69, 9.17) is 71.2 Å². The maximum absolute atomic E-state index is 13.6. The maximum Gasteiger partial charge on any atom is 0.333 e. The SMILES string of the molecule is O=C(CCCCCNC(=O)CN(CC(=O)NCCCCCCN(CCO[C@@H]1O[C@H](CO)[C@@H](O)[C@H](O)[C@@H]1O)CCO[C@H]1O[C@H](CO[C@H]2O[C@H](CO)[C@@H](O)[C@H](O)[C@@H]2O)[C@@H](O)[C@H](O[C@H]2O[C@H](CO)[C@@H](O)[C@H](O)[C@@H]2O)[C@@H]1O)CC(=O)NCCCCCC(=O)ON1C(=O)CCC1=O)NCCO[C@H]1O[C@H](CO[C@H]2O[C@H](CO)[C@@H](O)[C@H](O)[C@@H]2O)[C@@H](O)[C@H](O[C@H]2O[C@H](CO)[C@@H](O)[C@H](O)[C@@H]2O)[C@@H]1O. The predicted octanol–water partition coefficient (Wildman–Crippen LogP) is -16.9. The van der Waals surface area contributed by atoms with Crippen LogP contribution in [0, 0.1) is 0 Å². The molecule has 0 unspecified atom stereocenters. The third kappa shape index (κ3) is 31.5. The minimum atomic E-state index is -2.02. The Hall–Kier alpha value is -5.11. The number of aliphatic hydroxyl groups excluding tert-OH is 24. The zero-order chi connectivity index (χ0) is 94.5. The van der Waals surface area contributed by atoms with Gasteiger partial charge in [0.05, 0.1) is 85.7 Å². The van der Waals surface area contributed by atoms with Crippen molar-refractivity contribution in [2.24, 2.45) is 0 Å². The second kappa shape index (κ2) is 54.6. The molecule has 129 heavy (non-hydrogen) atoms. The number of hydrogen-bond acceptors (Lipinski definition) is 48.